The van der Waals surface area contributed by atoms with Gasteiger partial charge in [0.05, 0.1) is 28.1 Å². The van der Waals surface area contributed by atoms with Gasteiger partial charge in [-0.2, -0.15) is 5.26 Å². The molecule has 7 heteroatoms. The zero-order chi connectivity index (χ0) is 15.5. The van der Waals surface area contributed by atoms with Crippen molar-refractivity contribution < 1.29 is 8.42 Å². The summed E-state index contributed by atoms with van der Waals surface area (Å²) in [6, 6.07) is 13.0. The zero-order valence-corrected chi connectivity index (χ0v) is 13.0. The van der Waals surface area contributed by atoms with Gasteiger partial charge in [0, 0.05) is 5.02 Å². The van der Waals surface area contributed by atoms with Crippen LogP contribution in [0.3, 0.4) is 0 Å². The van der Waals surface area contributed by atoms with Gasteiger partial charge in [-0.25, -0.2) is 8.42 Å². The summed E-state index contributed by atoms with van der Waals surface area (Å²) >= 11 is 11.7. The lowest BCUT2D eigenvalue weighted by atomic mass is 10.1. The van der Waals surface area contributed by atoms with Crippen molar-refractivity contribution in [1.29, 1.82) is 5.26 Å². The molecular weight excluding hydrogens is 331 g/mol. The van der Waals surface area contributed by atoms with Crippen LogP contribution in [0.15, 0.2) is 42.5 Å². The zero-order valence-electron chi connectivity index (χ0n) is 10.7. The van der Waals surface area contributed by atoms with E-state index in [0.717, 1.165) is 0 Å². The molecule has 0 saturated carbocycles. The van der Waals surface area contributed by atoms with Crippen LogP contribution < -0.4 is 4.72 Å². The molecule has 0 radical (unpaired) electrons. The van der Waals surface area contributed by atoms with Gasteiger partial charge in [0.25, 0.3) is 0 Å². The Balaban J connectivity index is 2.25. The molecular formula is C14H10Cl2N2O2S. The largest absolute Gasteiger partial charge is 0.282 e. The maximum absolute atomic E-state index is 12.2. The quantitative estimate of drug-likeness (QED) is 0.919. The fourth-order valence-electron chi connectivity index (χ4n) is 1.74. The Morgan fingerprint density at radius 1 is 1.14 bits per heavy atom. The molecule has 2 aromatic carbocycles. The number of sulfonamides is 1. The van der Waals surface area contributed by atoms with Gasteiger partial charge >= 0.3 is 0 Å². The normalized spacial score (nSPS) is 10.9. The molecule has 0 bridgehead atoms. The van der Waals surface area contributed by atoms with E-state index in [-0.39, 0.29) is 16.5 Å². The van der Waals surface area contributed by atoms with E-state index in [9.17, 15) is 8.42 Å². The van der Waals surface area contributed by atoms with Crippen LogP contribution in [0, 0.1) is 11.3 Å². The van der Waals surface area contributed by atoms with Crippen LogP contribution in [0.1, 0.15) is 11.1 Å². The van der Waals surface area contributed by atoms with Crippen LogP contribution in [0.4, 0.5) is 5.69 Å². The summed E-state index contributed by atoms with van der Waals surface area (Å²) in [4.78, 5) is 0. The molecule has 2 aromatic rings. The smallest absolute Gasteiger partial charge is 0.237 e. The van der Waals surface area contributed by atoms with Gasteiger partial charge in [0.15, 0.2) is 0 Å². The molecule has 0 aromatic heterocycles. The van der Waals surface area contributed by atoms with Gasteiger partial charge in [0.1, 0.15) is 0 Å². The van der Waals surface area contributed by atoms with Gasteiger partial charge in [-0.3, -0.25) is 4.72 Å². The summed E-state index contributed by atoms with van der Waals surface area (Å²) < 4.78 is 26.7. The molecule has 108 valence electrons. The Bertz CT molecular complexity index is 814. The predicted molar refractivity (Wildman–Crippen MR) is 83.9 cm³/mol. The monoisotopic (exact) mass is 340 g/mol. The molecule has 0 heterocycles. The van der Waals surface area contributed by atoms with E-state index in [4.69, 9.17) is 28.5 Å². The highest BCUT2D eigenvalue weighted by atomic mass is 35.5. The van der Waals surface area contributed by atoms with Gasteiger partial charge in [0.2, 0.25) is 10.0 Å². The number of rotatable bonds is 4. The molecule has 2 rings (SSSR count). The topological polar surface area (TPSA) is 70.0 Å². The van der Waals surface area contributed by atoms with Crippen LogP contribution in [0.2, 0.25) is 10.0 Å². The number of nitrogens with zero attached hydrogens (tertiary/aromatic N) is 1. The van der Waals surface area contributed by atoms with Crippen molar-refractivity contribution in [1.82, 2.24) is 0 Å². The van der Waals surface area contributed by atoms with Crippen LogP contribution in [-0.2, 0) is 15.8 Å². The fourth-order valence-corrected chi connectivity index (χ4v) is 3.49. The van der Waals surface area contributed by atoms with Crippen LogP contribution in [0.25, 0.3) is 0 Å². The van der Waals surface area contributed by atoms with Gasteiger partial charge in [-0.05, 0) is 29.8 Å². The first-order valence-corrected chi connectivity index (χ1v) is 8.25. The molecule has 0 amide bonds. The Hall–Kier alpha value is -1.74. The van der Waals surface area contributed by atoms with E-state index in [0.29, 0.717) is 16.1 Å². The van der Waals surface area contributed by atoms with Crippen molar-refractivity contribution in [2.45, 2.75) is 5.75 Å². The number of halogens is 2. The molecule has 0 atom stereocenters. The van der Waals surface area contributed by atoms with Crippen molar-refractivity contribution in [3.63, 3.8) is 0 Å². The third kappa shape index (κ3) is 4.11. The lowest BCUT2D eigenvalue weighted by molar-refractivity contribution is 0.600. The second kappa shape index (κ2) is 6.35. The van der Waals surface area contributed by atoms with E-state index in [1.165, 1.54) is 18.2 Å². The van der Waals surface area contributed by atoms with Crippen molar-refractivity contribution >= 4 is 38.9 Å². The molecule has 0 aliphatic carbocycles. The van der Waals surface area contributed by atoms with E-state index in [1.807, 2.05) is 6.07 Å². The molecule has 0 spiro atoms. The van der Waals surface area contributed by atoms with Gasteiger partial charge in [-0.15, -0.1) is 0 Å². The molecule has 0 unspecified atom stereocenters. The standard InChI is InChI=1S/C14H10Cl2N2O2S/c15-12-5-6-14(13(16)7-12)18-21(19,20)9-11-4-2-1-3-10(11)8-17/h1-7,18H,9H2. The first-order chi connectivity index (χ1) is 9.91. The van der Waals surface area contributed by atoms with Gasteiger partial charge in [-0.1, -0.05) is 41.4 Å². The molecule has 0 aliphatic heterocycles. The fraction of sp³-hybridized carbons (Fsp3) is 0.0714. The van der Waals surface area contributed by atoms with E-state index >= 15 is 0 Å². The molecule has 0 aliphatic rings. The minimum Gasteiger partial charge on any atom is -0.282 e. The van der Waals surface area contributed by atoms with Crippen LogP contribution in [-0.4, -0.2) is 8.42 Å². The lowest BCUT2D eigenvalue weighted by Gasteiger charge is -2.10. The number of benzene rings is 2. The van der Waals surface area contributed by atoms with E-state index in [2.05, 4.69) is 4.72 Å². The average Bonchev–Trinajstić information content (AvgIpc) is 2.42. The summed E-state index contributed by atoms with van der Waals surface area (Å²) in [6.45, 7) is 0. The van der Waals surface area contributed by atoms with E-state index < -0.39 is 10.0 Å². The van der Waals surface area contributed by atoms with Crippen molar-refractivity contribution in [2.75, 3.05) is 4.72 Å². The second-order valence-corrected chi connectivity index (χ2v) is 6.82. The number of hydrogen-bond acceptors (Lipinski definition) is 3. The number of hydrogen-bond donors (Lipinski definition) is 1. The summed E-state index contributed by atoms with van der Waals surface area (Å²) in [5.74, 6) is -0.310. The molecule has 0 saturated heterocycles. The predicted octanol–water partition coefficient (Wildman–Crippen LogP) is 3.81. The Kier molecular flexibility index (Phi) is 4.73. The summed E-state index contributed by atoms with van der Waals surface area (Å²) in [6.07, 6.45) is 0. The molecule has 4 nitrogen and oxygen atoms in total. The Labute approximate surface area is 133 Å². The number of anilines is 1. The van der Waals surface area contributed by atoms with Crippen LogP contribution >= 0.6 is 23.2 Å². The number of nitrogens with one attached hydrogen (secondary N) is 1. The number of nitriles is 1. The maximum atomic E-state index is 12.2. The minimum absolute atomic E-state index is 0.208. The molecule has 0 fully saturated rings. The Morgan fingerprint density at radius 2 is 1.86 bits per heavy atom. The highest BCUT2D eigenvalue weighted by Gasteiger charge is 2.15. The minimum atomic E-state index is -3.68. The van der Waals surface area contributed by atoms with E-state index in [1.54, 1.807) is 24.3 Å². The Morgan fingerprint density at radius 3 is 2.52 bits per heavy atom. The summed E-state index contributed by atoms with van der Waals surface area (Å²) in [7, 11) is -3.68. The SMILES string of the molecule is N#Cc1ccccc1CS(=O)(=O)Nc1ccc(Cl)cc1Cl. The third-order valence-electron chi connectivity index (χ3n) is 2.68. The molecule has 21 heavy (non-hydrogen) atoms. The first-order valence-electron chi connectivity index (χ1n) is 5.85. The van der Waals surface area contributed by atoms with Crippen LogP contribution in [0.5, 0.6) is 0 Å². The average molecular weight is 341 g/mol. The lowest BCUT2D eigenvalue weighted by Crippen LogP contribution is -2.16. The van der Waals surface area contributed by atoms with Crippen molar-refractivity contribution in [3.8, 4) is 6.07 Å². The molecule has 1 N–H and O–H groups in total. The maximum Gasteiger partial charge on any atom is 0.237 e. The first kappa shape index (κ1) is 15.6. The van der Waals surface area contributed by atoms with Crippen molar-refractivity contribution in [3.05, 3.63) is 63.6 Å². The second-order valence-electron chi connectivity index (χ2n) is 4.25. The highest BCUT2D eigenvalue weighted by molar-refractivity contribution is 7.91. The highest BCUT2D eigenvalue weighted by Crippen LogP contribution is 2.26. The summed E-state index contributed by atoms with van der Waals surface area (Å²) in [5, 5.41) is 9.60. The summed E-state index contributed by atoms with van der Waals surface area (Å²) in [5.41, 5.74) is 0.998. The van der Waals surface area contributed by atoms with Gasteiger partial charge < -0.3 is 0 Å². The van der Waals surface area contributed by atoms with Crippen molar-refractivity contribution in [2.24, 2.45) is 0 Å². The third-order valence-corrected chi connectivity index (χ3v) is 4.45.